The standard InChI is InChI=1S/C19H18ClN3O2/c20-14-10-8-13(9-11-14)18-15-5-1-2-6-16(15)19(21)22-23(18)12-4-3-7-17(24)25/h1-2,5-6,8-11H,3-4,7,12H2,(H2-,21,22,24,25)/p+1. The molecule has 3 aromatic rings. The molecule has 6 heteroatoms. The zero-order chi connectivity index (χ0) is 17.8. The van der Waals surface area contributed by atoms with E-state index in [9.17, 15) is 4.79 Å². The second-order valence-electron chi connectivity index (χ2n) is 5.86. The highest BCUT2D eigenvalue weighted by molar-refractivity contribution is 6.30. The van der Waals surface area contributed by atoms with Crippen LogP contribution in [0.25, 0.3) is 22.0 Å². The Morgan fingerprint density at radius 3 is 2.44 bits per heavy atom. The van der Waals surface area contributed by atoms with Gasteiger partial charge in [-0.3, -0.25) is 4.79 Å². The molecule has 0 bridgehead atoms. The molecule has 0 saturated heterocycles. The molecule has 0 aliphatic rings. The van der Waals surface area contributed by atoms with E-state index in [0.717, 1.165) is 22.0 Å². The van der Waals surface area contributed by atoms with Gasteiger partial charge in [-0.25, -0.2) is 0 Å². The molecule has 5 nitrogen and oxygen atoms in total. The molecule has 2 aromatic carbocycles. The maximum absolute atomic E-state index is 10.7. The van der Waals surface area contributed by atoms with Gasteiger partial charge < -0.3 is 10.8 Å². The number of unbranched alkanes of at least 4 members (excludes halogenated alkanes) is 1. The summed E-state index contributed by atoms with van der Waals surface area (Å²) in [7, 11) is 0. The average molecular weight is 357 g/mol. The number of halogens is 1. The minimum Gasteiger partial charge on any atom is -0.481 e. The van der Waals surface area contributed by atoms with Gasteiger partial charge in [0.1, 0.15) is 0 Å². The highest BCUT2D eigenvalue weighted by atomic mass is 35.5. The Morgan fingerprint density at radius 2 is 1.76 bits per heavy atom. The number of carboxylic acids is 1. The number of aliphatic carboxylic acids is 1. The van der Waals surface area contributed by atoms with E-state index in [2.05, 4.69) is 5.10 Å². The average Bonchev–Trinajstić information content (AvgIpc) is 2.60. The van der Waals surface area contributed by atoms with E-state index in [-0.39, 0.29) is 6.42 Å². The van der Waals surface area contributed by atoms with Crippen molar-refractivity contribution in [3.8, 4) is 11.3 Å². The number of aryl methyl sites for hydroxylation is 1. The van der Waals surface area contributed by atoms with Crippen molar-refractivity contribution in [2.75, 3.05) is 5.73 Å². The quantitative estimate of drug-likeness (QED) is 0.521. The van der Waals surface area contributed by atoms with Crippen LogP contribution in [-0.2, 0) is 11.3 Å². The lowest BCUT2D eigenvalue weighted by Gasteiger charge is -2.08. The first-order valence-electron chi connectivity index (χ1n) is 8.12. The molecule has 1 heterocycles. The van der Waals surface area contributed by atoms with Crippen LogP contribution in [-0.4, -0.2) is 16.2 Å². The fraction of sp³-hybridized carbons (Fsp3) is 0.211. The molecule has 128 valence electrons. The van der Waals surface area contributed by atoms with Crippen molar-refractivity contribution in [2.45, 2.75) is 25.8 Å². The molecule has 1 aromatic heterocycles. The lowest BCUT2D eigenvalue weighted by molar-refractivity contribution is -0.741. The summed E-state index contributed by atoms with van der Waals surface area (Å²) in [5, 5.41) is 15.9. The number of carbonyl (C=O) groups is 1. The first-order chi connectivity index (χ1) is 12.1. The molecular formula is C19H19ClN3O2+. The molecule has 0 radical (unpaired) electrons. The van der Waals surface area contributed by atoms with Gasteiger partial charge in [-0.1, -0.05) is 34.5 Å². The zero-order valence-electron chi connectivity index (χ0n) is 13.7. The Balaban J connectivity index is 2.06. The fourth-order valence-electron chi connectivity index (χ4n) is 2.90. The van der Waals surface area contributed by atoms with Crippen molar-refractivity contribution in [3.63, 3.8) is 0 Å². The molecule has 0 saturated carbocycles. The molecule has 0 atom stereocenters. The van der Waals surface area contributed by atoms with E-state index in [4.69, 9.17) is 22.4 Å². The van der Waals surface area contributed by atoms with Gasteiger partial charge in [0.05, 0.1) is 5.39 Å². The SMILES string of the molecule is Nc1n[n+](CCCCC(=O)O)c(-c2ccc(Cl)cc2)c2ccccc12. The van der Waals surface area contributed by atoms with Crippen LogP contribution in [0.15, 0.2) is 48.5 Å². The number of nitrogen functional groups attached to an aromatic ring is 1. The second-order valence-corrected chi connectivity index (χ2v) is 6.30. The number of hydrogen-bond donors (Lipinski definition) is 2. The number of nitrogens with two attached hydrogens (primary N) is 1. The van der Waals surface area contributed by atoms with Crippen LogP contribution < -0.4 is 10.4 Å². The number of rotatable bonds is 6. The Labute approximate surface area is 150 Å². The highest BCUT2D eigenvalue weighted by Crippen LogP contribution is 2.28. The summed E-state index contributed by atoms with van der Waals surface area (Å²) in [6, 6.07) is 15.5. The lowest BCUT2D eigenvalue weighted by Crippen LogP contribution is -2.41. The van der Waals surface area contributed by atoms with E-state index < -0.39 is 5.97 Å². The Kier molecular flexibility index (Phi) is 5.14. The Bertz CT molecular complexity index is 910. The van der Waals surface area contributed by atoms with Gasteiger partial charge in [0, 0.05) is 33.9 Å². The van der Waals surface area contributed by atoms with Crippen LogP contribution >= 0.6 is 11.6 Å². The Morgan fingerprint density at radius 1 is 1.08 bits per heavy atom. The third-order valence-electron chi connectivity index (χ3n) is 4.07. The van der Waals surface area contributed by atoms with Crippen molar-refractivity contribution in [3.05, 3.63) is 53.6 Å². The second kappa shape index (κ2) is 7.49. The monoisotopic (exact) mass is 356 g/mol. The molecule has 3 rings (SSSR count). The van der Waals surface area contributed by atoms with Gasteiger partial charge >= 0.3 is 5.97 Å². The van der Waals surface area contributed by atoms with Gasteiger partial charge in [0.25, 0.3) is 0 Å². The Hall–Kier alpha value is -2.66. The van der Waals surface area contributed by atoms with Gasteiger partial charge in [0.15, 0.2) is 12.4 Å². The maximum Gasteiger partial charge on any atom is 0.303 e. The fourth-order valence-corrected chi connectivity index (χ4v) is 3.02. The molecule has 25 heavy (non-hydrogen) atoms. The summed E-state index contributed by atoms with van der Waals surface area (Å²) in [6.07, 6.45) is 1.46. The molecule has 0 aliphatic carbocycles. The van der Waals surface area contributed by atoms with E-state index in [1.807, 2.05) is 53.2 Å². The van der Waals surface area contributed by atoms with Gasteiger partial charge in [-0.2, -0.15) is 0 Å². The van der Waals surface area contributed by atoms with Crippen molar-refractivity contribution in [1.29, 1.82) is 0 Å². The van der Waals surface area contributed by atoms with Crippen LogP contribution in [0.1, 0.15) is 19.3 Å². The largest absolute Gasteiger partial charge is 0.481 e. The van der Waals surface area contributed by atoms with Crippen LogP contribution in [0.5, 0.6) is 0 Å². The molecule has 0 aliphatic heterocycles. The van der Waals surface area contributed by atoms with Crippen molar-refractivity contribution in [1.82, 2.24) is 5.10 Å². The third-order valence-corrected chi connectivity index (χ3v) is 4.32. The first kappa shape index (κ1) is 17.2. The number of hydrogen-bond acceptors (Lipinski definition) is 3. The zero-order valence-corrected chi connectivity index (χ0v) is 14.4. The normalized spacial score (nSPS) is 10.9. The number of anilines is 1. The minimum atomic E-state index is -0.783. The minimum absolute atomic E-state index is 0.153. The van der Waals surface area contributed by atoms with Crippen molar-refractivity contribution in [2.24, 2.45) is 0 Å². The number of carboxylic acid groups (broad SMARTS) is 1. The predicted molar refractivity (Wildman–Crippen MR) is 98.3 cm³/mol. The number of benzene rings is 2. The molecule has 0 amide bonds. The molecule has 0 spiro atoms. The van der Waals surface area contributed by atoms with Gasteiger partial charge in [-0.05, 0) is 36.8 Å². The first-order valence-corrected chi connectivity index (χ1v) is 8.50. The topological polar surface area (TPSA) is 80.1 Å². The third kappa shape index (κ3) is 3.88. The summed E-state index contributed by atoms with van der Waals surface area (Å²) in [5.74, 6) is -0.319. The lowest BCUT2D eigenvalue weighted by atomic mass is 10.0. The summed E-state index contributed by atoms with van der Waals surface area (Å²) in [5.41, 5.74) is 8.08. The molecule has 3 N–H and O–H groups in total. The molecular weight excluding hydrogens is 338 g/mol. The van der Waals surface area contributed by atoms with Crippen LogP contribution in [0.4, 0.5) is 5.82 Å². The van der Waals surface area contributed by atoms with E-state index in [0.29, 0.717) is 30.2 Å². The van der Waals surface area contributed by atoms with Crippen molar-refractivity contribution < 1.29 is 14.6 Å². The summed E-state index contributed by atoms with van der Waals surface area (Å²) < 4.78 is 1.86. The van der Waals surface area contributed by atoms with E-state index in [1.165, 1.54) is 0 Å². The number of fused-ring (bicyclic) bond motifs is 1. The summed E-state index contributed by atoms with van der Waals surface area (Å²) in [4.78, 5) is 10.7. The predicted octanol–water partition coefficient (Wildman–Crippen LogP) is 3.68. The van der Waals surface area contributed by atoms with Crippen molar-refractivity contribution >= 4 is 34.2 Å². The van der Waals surface area contributed by atoms with E-state index in [1.54, 1.807) is 0 Å². The van der Waals surface area contributed by atoms with Crippen LogP contribution in [0, 0.1) is 0 Å². The smallest absolute Gasteiger partial charge is 0.303 e. The molecule has 0 unspecified atom stereocenters. The summed E-state index contributed by atoms with van der Waals surface area (Å²) in [6.45, 7) is 0.597. The van der Waals surface area contributed by atoms with Crippen LogP contribution in [0.3, 0.4) is 0 Å². The number of nitrogens with zero attached hydrogens (tertiary/aromatic N) is 2. The highest BCUT2D eigenvalue weighted by Gasteiger charge is 2.21. The summed E-state index contributed by atoms with van der Waals surface area (Å²) >= 11 is 6.02. The van der Waals surface area contributed by atoms with Gasteiger partial charge in [0.2, 0.25) is 5.69 Å². The maximum atomic E-state index is 10.7. The number of aromatic nitrogens is 2. The van der Waals surface area contributed by atoms with Gasteiger partial charge in [-0.15, -0.1) is 0 Å². The molecule has 0 fully saturated rings. The van der Waals surface area contributed by atoms with Crippen LogP contribution in [0.2, 0.25) is 5.02 Å². The van der Waals surface area contributed by atoms with E-state index >= 15 is 0 Å².